The largest absolute Gasteiger partial charge is 0.312 e. The maximum atomic E-state index is 4.33. The van der Waals surface area contributed by atoms with Crippen LogP contribution < -0.4 is 5.32 Å². The Balaban J connectivity index is 2.22. The molecule has 0 radical (unpaired) electrons. The molecule has 1 aromatic rings. The van der Waals surface area contributed by atoms with Crippen LogP contribution in [-0.2, 0) is 0 Å². The fourth-order valence-corrected chi connectivity index (χ4v) is 2.87. The van der Waals surface area contributed by atoms with Crippen molar-refractivity contribution in [3.63, 3.8) is 0 Å². The Hall–Kier alpha value is -0.410. The molecule has 1 aliphatic carbocycles. The smallest absolute Gasteiger partial charge is 0.0514 e. The Bertz CT molecular complexity index is 302. The topological polar surface area (TPSA) is 24.9 Å². The molecular formula is C10H16N2S. The third kappa shape index (κ3) is 1.63. The van der Waals surface area contributed by atoms with Gasteiger partial charge in [0.25, 0.3) is 0 Å². The summed E-state index contributed by atoms with van der Waals surface area (Å²) in [4.78, 5) is 1.39. The number of nitrogens with one attached hydrogen (secondary N) is 1. The molecule has 1 N–H and O–H groups in total. The highest BCUT2D eigenvalue weighted by Crippen LogP contribution is 2.54. The van der Waals surface area contributed by atoms with Crippen LogP contribution in [0, 0.1) is 12.3 Å². The Morgan fingerprint density at radius 3 is 2.69 bits per heavy atom. The summed E-state index contributed by atoms with van der Waals surface area (Å²) in [7, 11) is 2.04. The lowest BCUT2D eigenvalue weighted by Crippen LogP contribution is -2.23. The van der Waals surface area contributed by atoms with Gasteiger partial charge in [-0.15, -0.1) is 0 Å². The van der Waals surface area contributed by atoms with E-state index in [-0.39, 0.29) is 0 Å². The number of aryl methyl sites for hydroxylation is 1. The molecule has 1 heterocycles. The lowest BCUT2D eigenvalue weighted by atomic mass is 9.97. The third-order valence-electron chi connectivity index (χ3n) is 2.95. The quantitative estimate of drug-likeness (QED) is 0.803. The summed E-state index contributed by atoms with van der Waals surface area (Å²) in [5, 5.41) is 3.40. The van der Waals surface area contributed by atoms with Crippen LogP contribution in [0.3, 0.4) is 0 Å². The average Bonchev–Trinajstić information content (AvgIpc) is 2.67. The monoisotopic (exact) mass is 196 g/mol. The summed E-state index contributed by atoms with van der Waals surface area (Å²) >= 11 is 1.64. The molecule has 1 aromatic heterocycles. The summed E-state index contributed by atoms with van der Waals surface area (Å²) in [6.45, 7) is 4.41. The molecule has 13 heavy (non-hydrogen) atoms. The highest BCUT2D eigenvalue weighted by molar-refractivity contribution is 7.05. The number of hydrogen-bond acceptors (Lipinski definition) is 3. The lowest BCUT2D eigenvalue weighted by molar-refractivity contribution is 0.396. The first kappa shape index (κ1) is 9.16. The number of aromatic nitrogens is 1. The maximum absolute atomic E-state index is 4.33. The van der Waals surface area contributed by atoms with Gasteiger partial charge in [0, 0.05) is 10.9 Å². The summed E-state index contributed by atoms with van der Waals surface area (Å²) in [6, 6.07) is 2.72. The molecule has 0 aromatic carbocycles. The first-order valence-corrected chi connectivity index (χ1v) is 5.53. The molecule has 1 fully saturated rings. The van der Waals surface area contributed by atoms with Crippen LogP contribution in [0.5, 0.6) is 0 Å². The molecule has 3 heteroatoms. The zero-order chi connectivity index (χ0) is 9.47. The fourth-order valence-electron chi connectivity index (χ4n) is 1.84. The molecule has 2 nitrogen and oxygen atoms in total. The van der Waals surface area contributed by atoms with Crippen LogP contribution in [0.25, 0.3) is 0 Å². The normalized spacial score (nSPS) is 21.5. The van der Waals surface area contributed by atoms with E-state index in [0.29, 0.717) is 11.5 Å². The van der Waals surface area contributed by atoms with Crippen molar-refractivity contribution in [1.29, 1.82) is 0 Å². The second kappa shape index (κ2) is 3.07. The van der Waals surface area contributed by atoms with Crippen molar-refractivity contribution in [3.8, 4) is 0 Å². The van der Waals surface area contributed by atoms with Gasteiger partial charge in [-0.3, -0.25) is 0 Å². The molecule has 0 amide bonds. The first-order valence-electron chi connectivity index (χ1n) is 4.76. The van der Waals surface area contributed by atoms with Crippen molar-refractivity contribution in [2.75, 3.05) is 7.05 Å². The lowest BCUT2D eigenvalue weighted by Gasteiger charge is -2.20. The Kier molecular flexibility index (Phi) is 2.16. The van der Waals surface area contributed by atoms with Crippen LogP contribution in [0.2, 0.25) is 0 Å². The van der Waals surface area contributed by atoms with Crippen LogP contribution in [0.4, 0.5) is 0 Å². The molecule has 1 atom stereocenters. The number of rotatable bonds is 3. The van der Waals surface area contributed by atoms with E-state index in [9.17, 15) is 0 Å². The Morgan fingerprint density at radius 2 is 2.31 bits per heavy atom. The van der Waals surface area contributed by atoms with Gasteiger partial charge in [0.15, 0.2) is 0 Å². The van der Waals surface area contributed by atoms with E-state index in [2.05, 4.69) is 29.6 Å². The van der Waals surface area contributed by atoms with Crippen LogP contribution >= 0.6 is 11.5 Å². The van der Waals surface area contributed by atoms with Gasteiger partial charge < -0.3 is 5.32 Å². The molecule has 1 saturated carbocycles. The predicted molar refractivity (Wildman–Crippen MR) is 56.0 cm³/mol. The van der Waals surface area contributed by atoms with Gasteiger partial charge in [-0.25, -0.2) is 0 Å². The molecular weight excluding hydrogens is 180 g/mol. The van der Waals surface area contributed by atoms with E-state index in [1.165, 1.54) is 17.7 Å². The van der Waals surface area contributed by atoms with Gasteiger partial charge in [0.2, 0.25) is 0 Å². The molecule has 2 rings (SSSR count). The van der Waals surface area contributed by atoms with Gasteiger partial charge >= 0.3 is 0 Å². The molecule has 1 unspecified atom stereocenters. The van der Waals surface area contributed by atoms with Gasteiger partial charge in [0.1, 0.15) is 0 Å². The van der Waals surface area contributed by atoms with Crippen LogP contribution in [0.1, 0.15) is 36.4 Å². The minimum absolute atomic E-state index is 0.494. The standard InChI is InChI=1S/C10H16N2S/c1-7-6-8(13-12-7)9(11-3)10(2)4-5-10/h6,9,11H,4-5H2,1-3H3. The van der Waals surface area contributed by atoms with Crippen molar-refractivity contribution in [1.82, 2.24) is 9.69 Å². The van der Waals surface area contributed by atoms with E-state index >= 15 is 0 Å². The Labute approximate surface area is 83.5 Å². The van der Waals surface area contributed by atoms with Gasteiger partial charge in [0.05, 0.1) is 5.69 Å². The fraction of sp³-hybridized carbons (Fsp3) is 0.700. The van der Waals surface area contributed by atoms with Crippen LogP contribution in [-0.4, -0.2) is 11.4 Å². The summed E-state index contributed by atoms with van der Waals surface area (Å²) in [5.41, 5.74) is 1.64. The van der Waals surface area contributed by atoms with Gasteiger partial charge in [-0.2, -0.15) is 4.37 Å². The van der Waals surface area contributed by atoms with Crippen molar-refractivity contribution in [3.05, 3.63) is 16.6 Å². The summed E-state index contributed by atoms with van der Waals surface area (Å²) in [5.74, 6) is 0. The van der Waals surface area contributed by atoms with Crippen LogP contribution in [0.15, 0.2) is 6.07 Å². The van der Waals surface area contributed by atoms with E-state index in [1.54, 1.807) is 11.5 Å². The predicted octanol–water partition coefficient (Wildman–Crippen LogP) is 2.51. The van der Waals surface area contributed by atoms with E-state index in [4.69, 9.17) is 0 Å². The van der Waals surface area contributed by atoms with Crippen molar-refractivity contribution in [2.24, 2.45) is 5.41 Å². The van der Waals surface area contributed by atoms with Gasteiger partial charge in [-0.05, 0) is 49.8 Å². The Morgan fingerprint density at radius 1 is 1.62 bits per heavy atom. The van der Waals surface area contributed by atoms with E-state index < -0.39 is 0 Å². The molecule has 0 aliphatic heterocycles. The second-order valence-electron chi connectivity index (χ2n) is 4.25. The first-order chi connectivity index (χ1) is 6.15. The highest BCUT2D eigenvalue weighted by atomic mass is 32.1. The molecule has 0 saturated heterocycles. The molecule has 1 aliphatic rings. The zero-order valence-corrected chi connectivity index (χ0v) is 9.24. The second-order valence-corrected chi connectivity index (χ2v) is 5.08. The minimum atomic E-state index is 0.494. The minimum Gasteiger partial charge on any atom is -0.312 e. The van der Waals surface area contributed by atoms with E-state index in [0.717, 1.165) is 5.69 Å². The van der Waals surface area contributed by atoms with E-state index in [1.807, 2.05) is 7.05 Å². The average molecular weight is 196 g/mol. The SMILES string of the molecule is CNC(c1cc(C)ns1)C1(C)CC1. The van der Waals surface area contributed by atoms with Crippen molar-refractivity contribution < 1.29 is 0 Å². The van der Waals surface area contributed by atoms with Crippen molar-refractivity contribution >= 4 is 11.5 Å². The molecule has 0 spiro atoms. The summed E-state index contributed by atoms with van der Waals surface area (Å²) < 4.78 is 4.33. The van der Waals surface area contributed by atoms with Crippen molar-refractivity contribution in [2.45, 2.75) is 32.7 Å². The number of nitrogens with zero attached hydrogens (tertiary/aromatic N) is 1. The van der Waals surface area contributed by atoms with Gasteiger partial charge in [-0.1, -0.05) is 6.92 Å². The molecule has 72 valence electrons. The molecule has 0 bridgehead atoms. The maximum Gasteiger partial charge on any atom is 0.0514 e. The highest BCUT2D eigenvalue weighted by Gasteiger charge is 2.45. The third-order valence-corrected chi connectivity index (χ3v) is 3.90. The summed E-state index contributed by atoms with van der Waals surface area (Å²) in [6.07, 6.45) is 2.69. The zero-order valence-electron chi connectivity index (χ0n) is 8.42. The number of hydrogen-bond donors (Lipinski definition) is 1.